The van der Waals surface area contributed by atoms with Gasteiger partial charge in [-0.25, -0.2) is 0 Å². The summed E-state index contributed by atoms with van der Waals surface area (Å²) in [4.78, 5) is 0. The summed E-state index contributed by atoms with van der Waals surface area (Å²) in [6.07, 6.45) is 0.0551. The number of aliphatic hydroxyl groups excluding tert-OH is 1. The van der Waals surface area contributed by atoms with Crippen molar-refractivity contribution in [2.75, 3.05) is 7.11 Å². The van der Waals surface area contributed by atoms with Crippen molar-refractivity contribution < 1.29 is 19.3 Å². The number of hydrogen-bond donors (Lipinski definition) is 1. The summed E-state index contributed by atoms with van der Waals surface area (Å²) in [5.41, 5.74) is 0.738. The summed E-state index contributed by atoms with van der Waals surface area (Å²) >= 11 is 0. The highest BCUT2D eigenvalue weighted by Crippen LogP contribution is 2.39. The highest BCUT2D eigenvalue weighted by atomic mass is 16.5. The van der Waals surface area contributed by atoms with Crippen LogP contribution in [0.2, 0.25) is 0 Å². The van der Waals surface area contributed by atoms with E-state index in [2.05, 4.69) is 0 Å². The summed E-state index contributed by atoms with van der Waals surface area (Å²) < 4.78 is 16.7. The van der Waals surface area contributed by atoms with Gasteiger partial charge in [0.2, 0.25) is 5.75 Å². The molecule has 0 heterocycles. The number of benzene rings is 1. The van der Waals surface area contributed by atoms with Crippen LogP contribution >= 0.6 is 0 Å². The van der Waals surface area contributed by atoms with Gasteiger partial charge in [0.15, 0.2) is 11.5 Å². The molecule has 0 saturated heterocycles. The van der Waals surface area contributed by atoms with Gasteiger partial charge >= 0.3 is 0 Å². The molecular weight excluding hydrogens is 232 g/mol. The first-order valence-corrected chi connectivity index (χ1v) is 6.13. The summed E-state index contributed by atoms with van der Waals surface area (Å²) in [6, 6.07) is 3.54. The standard InChI is InChI=1S/C14H22O4/c1-9(2)17-12-6-11(8-15)7-13(14(12)16-5)18-10(3)4/h6-7,9-10,15H,8H2,1-5H3. The average Bonchev–Trinajstić information content (AvgIpc) is 2.27. The minimum Gasteiger partial charge on any atom is -0.490 e. The van der Waals surface area contributed by atoms with Gasteiger partial charge in [-0.05, 0) is 45.4 Å². The predicted molar refractivity (Wildman–Crippen MR) is 70.4 cm³/mol. The van der Waals surface area contributed by atoms with Crippen molar-refractivity contribution in [1.82, 2.24) is 0 Å². The Bertz CT molecular complexity index is 354. The third-order valence-electron chi connectivity index (χ3n) is 2.19. The van der Waals surface area contributed by atoms with Crippen molar-refractivity contribution in [1.29, 1.82) is 0 Å². The van der Waals surface area contributed by atoms with Crippen LogP contribution in [0.1, 0.15) is 33.3 Å². The first-order valence-electron chi connectivity index (χ1n) is 6.13. The van der Waals surface area contributed by atoms with Crippen molar-refractivity contribution in [2.45, 2.75) is 46.5 Å². The maximum absolute atomic E-state index is 9.27. The van der Waals surface area contributed by atoms with E-state index in [4.69, 9.17) is 14.2 Å². The molecule has 4 nitrogen and oxygen atoms in total. The molecular formula is C14H22O4. The van der Waals surface area contributed by atoms with Gasteiger partial charge < -0.3 is 19.3 Å². The minimum atomic E-state index is -0.0626. The van der Waals surface area contributed by atoms with Crippen LogP contribution in [0, 0.1) is 0 Å². The third kappa shape index (κ3) is 3.81. The molecule has 0 aliphatic rings. The Morgan fingerprint density at radius 2 is 1.44 bits per heavy atom. The summed E-state index contributed by atoms with van der Waals surface area (Å²) in [6.45, 7) is 7.69. The lowest BCUT2D eigenvalue weighted by atomic mass is 10.2. The maximum Gasteiger partial charge on any atom is 0.203 e. The number of ether oxygens (including phenoxy) is 3. The second-order valence-electron chi connectivity index (χ2n) is 4.62. The lowest BCUT2D eigenvalue weighted by Crippen LogP contribution is -2.10. The van der Waals surface area contributed by atoms with Gasteiger partial charge in [-0.15, -0.1) is 0 Å². The van der Waals surface area contributed by atoms with Crippen molar-refractivity contribution in [3.63, 3.8) is 0 Å². The van der Waals surface area contributed by atoms with E-state index in [0.717, 1.165) is 5.56 Å². The second-order valence-corrected chi connectivity index (χ2v) is 4.62. The number of hydrogen-bond acceptors (Lipinski definition) is 4. The molecule has 4 heteroatoms. The quantitative estimate of drug-likeness (QED) is 0.848. The van der Waals surface area contributed by atoms with Gasteiger partial charge in [0.25, 0.3) is 0 Å². The van der Waals surface area contributed by atoms with E-state index >= 15 is 0 Å². The summed E-state index contributed by atoms with van der Waals surface area (Å²) in [5, 5.41) is 9.27. The number of methoxy groups -OCH3 is 1. The van der Waals surface area contributed by atoms with Crippen LogP contribution in [0.3, 0.4) is 0 Å². The zero-order valence-electron chi connectivity index (χ0n) is 11.7. The Morgan fingerprint density at radius 3 is 1.72 bits per heavy atom. The molecule has 0 aliphatic carbocycles. The van der Waals surface area contributed by atoms with Crippen LogP contribution < -0.4 is 14.2 Å². The van der Waals surface area contributed by atoms with Crippen molar-refractivity contribution in [2.24, 2.45) is 0 Å². The SMILES string of the molecule is COc1c(OC(C)C)cc(CO)cc1OC(C)C. The molecule has 1 N–H and O–H groups in total. The molecule has 0 aromatic heterocycles. The van der Waals surface area contributed by atoms with E-state index in [1.165, 1.54) is 0 Å². The first-order chi connectivity index (χ1) is 8.47. The Balaban J connectivity index is 3.20. The molecule has 102 valence electrons. The topological polar surface area (TPSA) is 47.9 Å². The van der Waals surface area contributed by atoms with Gasteiger partial charge in [0, 0.05) is 0 Å². The van der Waals surface area contributed by atoms with E-state index in [-0.39, 0.29) is 18.8 Å². The summed E-state index contributed by atoms with van der Waals surface area (Å²) in [7, 11) is 1.58. The average molecular weight is 254 g/mol. The van der Waals surface area contributed by atoms with Crippen LogP contribution in [-0.4, -0.2) is 24.4 Å². The molecule has 0 saturated carbocycles. The Kier molecular flexibility index (Phi) is 5.28. The molecule has 0 fully saturated rings. The van der Waals surface area contributed by atoms with Gasteiger partial charge in [-0.2, -0.15) is 0 Å². The fraction of sp³-hybridized carbons (Fsp3) is 0.571. The fourth-order valence-corrected chi connectivity index (χ4v) is 1.61. The van der Waals surface area contributed by atoms with E-state index in [1.54, 1.807) is 19.2 Å². The molecule has 0 spiro atoms. The molecule has 0 aliphatic heterocycles. The zero-order valence-corrected chi connectivity index (χ0v) is 11.7. The van der Waals surface area contributed by atoms with Crippen LogP contribution in [0.25, 0.3) is 0 Å². The van der Waals surface area contributed by atoms with Crippen molar-refractivity contribution in [3.8, 4) is 17.2 Å². The van der Waals surface area contributed by atoms with Gasteiger partial charge in [-0.1, -0.05) is 0 Å². The Morgan fingerprint density at radius 1 is 1.00 bits per heavy atom. The molecule has 0 bridgehead atoms. The van der Waals surface area contributed by atoms with Crippen LogP contribution in [0.4, 0.5) is 0 Å². The van der Waals surface area contributed by atoms with Crippen molar-refractivity contribution in [3.05, 3.63) is 17.7 Å². The predicted octanol–water partition coefficient (Wildman–Crippen LogP) is 2.76. The van der Waals surface area contributed by atoms with Crippen LogP contribution in [0.5, 0.6) is 17.2 Å². The Labute approximate surface area is 108 Å². The van der Waals surface area contributed by atoms with Gasteiger partial charge in [0.1, 0.15) is 0 Å². The smallest absolute Gasteiger partial charge is 0.203 e. The van der Waals surface area contributed by atoms with E-state index in [1.807, 2.05) is 27.7 Å². The summed E-state index contributed by atoms with van der Waals surface area (Å²) in [5.74, 6) is 1.75. The molecule has 0 radical (unpaired) electrons. The number of rotatable bonds is 6. The van der Waals surface area contributed by atoms with Crippen LogP contribution in [-0.2, 0) is 6.61 Å². The van der Waals surface area contributed by atoms with Gasteiger partial charge in [-0.3, -0.25) is 0 Å². The Hall–Kier alpha value is -1.42. The van der Waals surface area contributed by atoms with Crippen molar-refractivity contribution >= 4 is 0 Å². The molecule has 0 atom stereocenters. The lowest BCUT2D eigenvalue weighted by molar-refractivity contribution is 0.206. The zero-order chi connectivity index (χ0) is 13.7. The number of aliphatic hydroxyl groups is 1. The molecule has 1 rings (SSSR count). The highest BCUT2D eigenvalue weighted by Gasteiger charge is 2.16. The van der Waals surface area contributed by atoms with E-state index < -0.39 is 0 Å². The molecule has 1 aromatic rings. The lowest BCUT2D eigenvalue weighted by Gasteiger charge is -2.19. The second kappa shape index (κ2) is 6.50. The van der Waals surface area contributed by atoms with Gasteiger partial charge in [0.05, 0.1) is 25.9 Å². The molecule has 0 amide bonds. The van der Waals surface area contributed by atoms with E-state index in [0.29, 0.717) is 17.2 Å². The normalized spacial score (nSPS) is 10.9. The van der Waals surface area contributed by atoms with E-state index in [9.17, 15) is 5.11 Å². The molecule has 1 aromatic carbocycles. The fourth-order valence-electron chi connectivity index (χ4n) is 1.61. The molecule has 0 unspecified atom stereocenters. The maximum atomic E-state index is 9.27. The largest absolute Gasteiger partial charge is 0.490 e. The first kappa shape index (κ1) is 14.6. The molecule has 18 heavy (non-hydrogen) atoms. The minimum absolute atomic E-state index is 0.0275. The highest BCUT2D eigenvalue weighted by molar-refractivity contribution is 5.54. The third-order valence-corrected chi connectivity index (χ3v) is 2.19. The van der Waals surface area contributed by atoms with Crippen LogP contribution in [0.15, 0.2) is 12.1 Å². The monoisotopic (exact) mass is 254 g/mol.